The van der Waals surface area contributed by atoms with Crippen LogP contribution < -0.4 is 11.1 Å². The van der Waals surface area contributed by atoms with E-state index in [4.69, 9.17) is 10.3 Å². The Balaban J connectivity index is 1.43. The van der Waals surface area contributed by atoms with Gasteiger partial charge in [-0.25, -0.2) is 4.68 Å². The van der Waals surface area contributed by atoms with Crippen molar-refractivity contribution < 1.29 is 14.1 Å². The van der Waals surface area contributed by atoms with E-state index in [1.807, 2.05) is 31.2 Å². The number of anilines is 1. The Bertz CT molecular complexity index is 1190. The molecule has 0 atom stereocenters. The van der Waals surface area contributed by atoms with Gasteiger partial charge in [-0.05, 0) is 36.8 Å². The van der Waals surface area contributed by atoms with E-state index in [-0.39, 0.29) is 11.7 Å². The molecule has 0 fully saturated rings. The Kier molecular flexibility index (Phi) is 5.04. The molecular formula is C20H17N7O3. The van der Waals surface area contributed by atoms with Gasteiger partial charge in [0.2, 0.25) is 11.7 Å². The molecule has 0 saturated heterocycles. The number of carbonyl (C=O) groups is 2. The minimum Gasteiger partial charge on any atom is -0.366 e. The number of nitrogens with one attached hydrogen (secondary N) is 1. The van der Waals surface area contributed by atoms with E-state index in [0.29, 0.717) is 23.5 Å². The van der Waals surface area contributed by atoms with E-state index in [9.17, 15) is 9.59 Å². The van der Waals surface area contributed by atoms with E-state index in [1.165, 1.54) is 17.7 Å². The first-order valence-electron chi connectivity index (χ1n) is 8.99. The highest BCUT2D eigenvalue weighted by Gasteiger charge is 2.18. The Hall–Kier alpha value is -4.34. The first kappa shape index (κ1) is 19.0. The van der Waals surface area contributed by atoms with E-state index < -0.39 is 11.8 Å². The van der Waals surface area contributed by atoms with Gasteiger partial charge in [0.25, 0.3) is 0 Å². The van der Waals surface area contributed by atoms with Crippen LogP contribution in [0.3, 0.4) is 0 Å². The van der Waals surface area contributed by atoms with Crippen molar-refractivity contribution in [1.29, 1.82) is 0 Å². The molecule has 4 rings (SSSR count). The molecule has 0 aliphatic carbocycles. The number of primary amides is 1. The molecule has 30 heavy (non-hydrogen) atoms. The Morgan fingerprint density at radius 2 is 1.83 bits per heavy atom. The number of nitrogens with zero attached hydrogens (tertiary/aromatic N) is 5. The Labute approximate surface area is 170 Å². The van der Waals surface area contributed by atoms with Crippen LogP contribution in [0.1, 0.15) is 32.2 Å². The number of benzene rings is 2. The SMILES string of the molecule is Cc1ccc(Cn2cc(-c3noc(C(=O)Nc4ccc(C(N)=O)cc4)n3)nn2)cc1. The second-order valence-electron chi connectivity index (χ2n) is 6.61. The number of carbonyl (C=O) groups excluding carboxylic acids is 2. The molecule has 10 nitrogen and oxygen atoms in total. The maximum Gasteiger partial charge on any atom is 0.316 e. The number of rotatable bonds is 6. The maximum absolute atomic E-state index is 12.3. The highest BCUT2D eigenvalue weighted by atomic mass is 16.5. The summed E-state index contributed by atoms with van der Waals surface area (Å²) in [5.74, 6) is -1.21. The average Bonchev–Trinajstić information content (AvgIpc) is 3.40. The summed E-state index contributed by atoms with van der Waals surface area (Å²) in [6.07, 6.45) is 1.68. The number of hydrogen-bond donors (Lipinski definition) is 2. The molecule has 0 bridgehead atoms. The van der Waals surface area contributed by atoms with Crippen LogP contribution in [0, 0.1) is 6.92 Å². The van der Waals surface area contributed by atoms with Crippen molar-refractivity contribution in [1.82, 2.24) is 25.1 Å². The minimum absolute atomic E-state index is 0.152. The van der Waals surface area contributed by atoms with Gasteiger partial charge >= 0.3 is 11.8 Å². The number of hydrogen-bond acceptors (Lipinski definition) is 7. The highest BCUT2D eigenvalue weighted by molar-refractivity contribution is 6.01. The molecule has 0 saturated carbocycles. The quantitative estimate of drug-likeness (QED) is 0.501. The smallest absolute Gasteiger partial charge is 0.316 e. The third kappa shape index (κ3) is 4.22. The van der Waals surface area contributed by atoms with Crippen molar-refractivity contribution in [2.24, 2.45) is 5.73 Å². The fourth-order valence-corrected chi connectivity index (χ4v) is 2.68. The Morgan fingerprint density at radius 1 is 1.10 bits per heavy atom. The zero-order chi connectivity index (χ0) is 21.1. The van der Waals surface area contributed by atoms with Gasteiger partial charge in [-0.3, -0.25) is 9.59 Å². The molecule has 10 heteroatoms. The van der Waals surface area contributed by atoms with Crippen LogP contribution in [-0.2, 0) is 6.54 Å². The van der Waals surface area contributed by atoms with Gasteiger partial charge in [-0.15, -0.1) is 5.10 Å². The first-order chi connectivity index (χ1) is 14.5. The summed E-state index contributed by atoms with van der Waals surface area (Å²) < 4.78 is 6.68. The fourth-order valence-electron chi connectivity index (χ4n) is 2.68. The number of amides is 2. The van der Waals surface area contributed by atoms with Gasteiger partial charge in [0.15, 0.2) is 5.69 Å². The average molecular weight is 403 g/mol. The van der Waals surface area contributed by atoms with Gasteiger partial charge in [-0.2, -0.15) is 4.98 Å². The molecule has 0 aliphatic heterocycles. The van der Waals surface area contributed by atoms with Crippen molar-refractivity contribution in [2.45, 2.75) is 13.5 Å². The summed E-state index contributed by atoms with van der Waals surface area (Å²) in [5, 5.41) is 14.5. The maximum atomic E-state index is 12.3. The van der Waals surface area contributed by atoms with Gasteiger partial charge in [0, 0.05) is 11.3 Å². The fraction of sp³-hybridized carbons (Fsp3) is 0.100. The number of aromatic nitrogens is 5. The van der Waals surface area contributed by atoms with Crippen molar-refractivity contribution in [3.63, 3.8) is 0 Å². The first-order valence-corrected chi connectivity index (χ1v) is 8.99. The summed E-state index contributed by atoms with van der Waals surface area (Å²) >= 11 is 0. The van der Waals surface area contributed by atoms with Gasteiger partial charge in [0.1, 0.15) is 0 Å². The summed E-state index contributed by atoms with van der Waals surface area (Å²) in [7, 11) is 0. The predicted octanol–water partition coefficient (Wildman–Crippen LogP) is 2.04. The molecule has 150 valence electrons. The molecule has 0 radical (unpaired) electrons. The molecule has 2 amide bonds. The molecule has 0 spiro atoms. The zero-order valence-corrected chi connectivity index (χ0v) is 15.9. The van der Waals surface area contributed by atoms with E-state index in [2.05, 4.69) is 25.8 Å². The second-order valence-corrected chi connectivity index (χ2v) is 6.61. The summed E-state index contributed by atoms with van der Waals surface area (Å²) in [4.78, 5) is 27.5. The molecule has 0 aliphatic rings. The molecule has 2 aromatic carbocycles. The van der Waals surface area contributed by atoms with E-state index in [1.54, 1.807) is 23.0 Å². The lowest BCUT2D eigenvalue weighted by atomic mass is 10.1. The van der Waals surface area contributed by atoms with Crippen molar-refractivity contribution >= 4 is 17.5 Å². The van der Waals surface area contributed by atoms with Crippen molar-refractivity contribution in [3.8, 4) is 11.5 Å². The second kappa shape index (κ2) is 7.95. The Morgan fingerprint density at radius 3 is 2.53 bits per heavy atom. The lowest BCUT2D eigenvalue weighted by Gasteiger charge is -2.02. The molecule has 2 aromatic heterocycles. The van der Waals surface area contributed by atoms with Crippen molar-refractivity contribution in [2.75, 3.05) is 5.32 Å². The number of nitrogens with two attached hydrogens (primary N) is 1. The van der Waals surface area contributed by atoms with Crippen LogP contribution in [0.25, 0.3) is 11.5 Å². The molecule has 2 heterocycles. The van der Waals surface area contributed by atoms with Gasteiger partial charge in [0.05, 0.1) is 12.7 Å². The zero-order valence-electron chi connectivity index (χ0n) is 15.9. The highest BCUT2D eigenvalue weighted by Crippen LogP contribution is 2.15. The summed E-state index contributed by atoms with van der Waals surface area (Å²) in [6.45, 7) is 2.57. The van der Waals surface area contributed by atoms with Crippen molar-refractivity contribution in [3.05, 3.63) is 77.3 Å². The van der Waals surface area contributed by atoms with E-state index in [0.717, 1.165) is 5.56 Å². The minimum atomic E-state index is -0.590. The predicted molar refractivity (Wildman–Crippen MR) is 107 cm³/mol. The van der Waals surface area contributed by atoms with Crippen LogP contribution in [0.4, 0.5) is 5.69 Å². The van der Waals surface area contributed by atoms with Crippen LogP contribution in [-0.4, -0.2) is 36.9 Å². The third-order valence-corrected chi connectivity index (χ3v) is 4.28. The molecule has 3 N–H and O–H groups in total. The van der Waals surface area contributed by atoms with Crippen LogP contribution in [0.15, 0.2) is 59.3 Å². The monoisotopic (exact) mass is 403 g/mol. The standard InChI is InChI=1S/C20H17N7O3/c1-12-2-4-13(5-3-12)10-27-11-16(24-26-27)18-23-20(30-25-18)19(29)22-15-8-6-14(7-9-15)17(21)28/h2-9,11H,10H2,1H3,(H2,21,28)(H,22,29). The van der Waals surface area contributed by atoms with Crippen LogP contribution in [0.2, 0.25) is 0 Å². The third-order valence-electron chi connectivity index (χ3n) is 4.28. The summed E-state index contributed by atoms with van der Waals surface area (Å²) in [5.41, 5.74) is 8.62. The lowest BCUT2D eigenvalue weighted by Crippen LogP contribution is -2.13. The van der Waals surface area contributed by atoms with Gasteiger partial charge < -0.3 is 15.6 Å². The lowest BCUT2D eigenvalue weighted by molar-refractivity contribution is 0.0979. The van der Waals surface area contributed by atoms with Crippen LogP contribution in [0.5, 0.6) is 0 Å². The summed E-state index contributed by atoms with van der Waals surface area (Å²) in [6, 6.07) is 14.2. The number of aryl methyl sites for hydroxylation is 1. The molecular weight excluding hydrogens is 386 g/mol. The normalized spacial score (nSPS) is 10.7. The molecule has 4 aromatic rings. The van der Waals surface area contributed by atoms with Gasteiger partial charge in [-0.1, -0.05) is 40.2 Å². The molecule has 0 unspecified atom stereocenters. The largest absolute Gasteiger partial charge is 0.366 e. The topological polar surface area (TPSA) is 142 Å². The van der Waals surface area contributed by atoms with Crippen LogP contribution >= 0.6 is 0 Å². The van der Waals surface area contributed by atoms with E-state index >= 15 is 0 Å².